The molecule has 1 unspecified atom stereocenters. The molecular formula is C13H20ClNS. The molecule has 0 amide bonds. The SMILES string of the molecule is CCNC(CC1CCC1)c1cc(C)c(Cl)s1. The van der Waals surface area contributed by atoms with Crippen LogP contribution in [0.3, 0.4) is 0 Å². The summed E-state index contributed by atoms with van der Waals surface area (Å²) in [6, 6.07) is 2.77. The van der Waals surface area contributed by atoms with E-state index >= 15 is 0 Å². The monoisotopic (exact) mass is 257 g/mol. The van der Waals surface area contributed by atoms with Crippen molar-refractivity contribution in [1.82, 2.24) is 5.32 Å². The van der Waals surface area contributed by atoms with E-state index in [9.17, 15) is 0 Å². The largest absolute Gasteiger partial charge is 0.310 e. The third-order valence-corrected chi connectivity index (χ3v) is 5.13. The molecule has 1 aliphatic carbocycles. The maximum atomic E-state index is 6.15. The van der Waals surface area contributed by atoms with E-state index in [1.54, 1.807) is 11.3 Å². The third-order valence-electron chi connectivity index (χ3n) is 3.46. The molecule has 2 rings (SSSR count). The fraction of sp³-hybridized carbons (Fsp3) is 0.692. The van der Waals surface area contributed by atoms with Crippen LogP contribution in [0.4, 0.5) is 0 Å². The van der Waals surface area contributed by atoms with Gasteiger partial charge in [0.15, 0.2) is 0 Å². The van der Waals surface area contributed by atoms with Gasteiger partial charge in [0.25, 0.3) is 0 Å². The molecule has 1 atom stereocenters. The predicted molar refractivity (Wildman–Crippen MR) is 72.4 cm³/mol. The number of thiophene rings is 1. The molecule has 3 heteroatoms. The highest BCUT2D eigenvalue weighted by atomic mass is 35.5. The normalized spacial score (nSPS) is 18.4. The van der Waals surface area contributed by atoms with E-state index in [4.69, 9.17) is 11.6 Å². The Hall–Kier alpha value is -0.0500. The Balaban J connectivity index is 2.04. The summed E-state index contributed by atoms with van der Waals surface area (Å²) < 4.78 is 0.950. The molecule has 1 saturated carbocycles. The number of hydrogen-bond donors (Lipinski definition) is 1. The lowest BCUT2D eigenvalue weighted by molar-refractivity contribution is 0.264. The van der Waals surface area contributed by atoms with Crippen molar-refractivity contribution in [3.63, 3.8) is 0 Å². The summed E-state index contributed by atoms with van der Waals surface area (Å²) in [6.45, 7) is 5.30. The first-order valence-electron chi connectivity index (χ1n) is 6.20. The zero-order valence-corrected chi connectivity index (χ0v) is 11.6. The predicted octanol–water partition coefficient (Wildman–Crippen LogP) is 4.55. The van der Waals surface area contributed by atoms with Gasteiger partial charge in [0.2, 0.25) is 0 Å². The Bertz CT molecular complexity index is 324. The number of rotatable bonds is 5. The van der Waals surface area contributed by atoms with Gasteiger partial charge in [0.05, 0.1) is 4.34 Å². The quantitative estimate of drug-likeness (QED) is 0.816. The van der Waals surface area contributed by atoms with Gasteiger partial charge in [-0.1, -0.05) is 37.8 Å². The van der Waals surface area contributed by atoms with E-state index in [2.05, 4.69) is 25.2 Å². The van der Waals surface area contributed by atoms with Gasteiger partial charge in [-0.3, -0.25) is 0 Å². The van der Waals surface area contributed by atoms with E-state index in [1.165, 1.54) is 36.1 Å². The number of halogens is 1. The third kappa shape index (κ3) is 2.79. The van der Waals surface area contributed by atoms with Gasteiger partial charge in [0, 0.05) is 10.9 Å². The van der Waals surface area contributed by atoms with Gasteiger partial charge in [-0.05, 0) is 37.4 Å². The summed E-state index contributed by atoms with van der Waals surface area (Å²) in [6.07, 6.45) is 5.54. The fourth-order valence-corrected chi connectivity index (χ4v) is 3.57. The highest BCUT2D eigenvalue weighted by molar-refractivity contribution is 7.16. The molecule has 0 bridgehead atoms. The first kappa shape index (κ1) is 12.4. The second kappa shape index (κ2) is 5.52. The van der Waals surface area contributed by atoms with Crippen LogP contribution in [0.1, 0.15) is 49.1 Å². The average Bonchev–Trinajstić information content (AvgIpc) is 2.51. The van der Waals surface area contributed by atoms with E-state index < -0.39 is 0 Å². The molecule has 1 heterocycles. The molecule has 1 aliphatic rings. The zero-order chi connectivity index (χ0) is 11.5. The molecule has 1 fully saturated rings. The van der Waals surface area contributed by atoms with Crippen molar-refractivity contribution in [3.05, 3.63) is 20.8 Å². The molecule has 0 aromatic carbocycles. The molecular weight excluding hydrogens is 238 g/mol. The second-order valence-corrected chi connectivity index (χ2v) is 6.43. The van der Waals surface area contributed by atoms with Gasteiger partial charge in [-0.2, -0.15) is 0 Å². The lowest BCUT2D eigenvalue weighted by Crippen LogP contribution is -2.25. The van der Waals surface area contributed by atoms with Crippen molar-refractivity contribution in [1.29, 1.82) is 0 Å². The first-order valence-corrected chi connectivity index (χ1v) is 7.39. The Kier molecular flexibility index (Phi) is 4.28. The number of hydrogen-bond acceptors (Lipinski definition) is 2. The van der Waals surface area contributed by atoms with Crippen LogP contribution in [0.25, 0.3) is 0 Å². The van der Waals surface area contributed by atoms with Crippen molar-refractivity contribution >= 4 is 22.9 Å². The van der Waals surface area contributed by atoms with Crippen molar-refractivity contribution in [3.8, 4) is 0 Å². The second-order valence-electron chi connectivity index (χ2n) is 4.75. The van der Waals surface area contributed by atoms with E-state index in [0.717, 1.165) is 16.8 Å². The van der Waals surface area contributed by atoms with E-state index in [1.807, 2.05) is 0 Å². The van der Waals surface area contributed by atoms with Crippen LogP contribution >= 0.6 is 22.9 Å². The molecule has 16 heavy (non-hydrogen) atoms. The molecule has 1 aromatic rings. The molecule has 0 radical (unpaired) electrons. The van der Waals surface area contributed by atoms with Gasteiger partial charge in [-0.25, -0.2) is 0 Å². The van der Waals surface area contributed by atoms with Crippen LogP contribution < -0.4 is 5.32 Å². The van der Waals surface area contributed by atoms with Crippen molar-refractivity contribution < 1.29 is 0 Å². The van der Waals surface area contributed by atoms with Crippen molar-refractivity contribution in [2.24, 2.45) is 5.92 Å². The van der Waals surface area contributed by atoms with Crippen LogP contribution in [0.5, 0.6) is 0 Å². The fourth-order valence-electron chi connectivity index (χ4n) is 2.26. The van der Waals surface area contributed by atoms with Crippen molar-refractivity contribution in [2.75, 3.05) is 6.54 Å². The average molecular weight is 258 g/mol. The molecule has 90 valence electrons. The van der Waals surface area contributed by atoms with E-state index in [0.29, 0.717) is 6.04 Å². The summed E-state index contributed by atoms with van der Waals surface area (Å²) in [5, 5.41) is 3.59. The standard InChI is InChI=1S/C13H20ClNS/c1-3-15-11(8-10-5-4-6-10)12-7-9(2)13(14)16-12/h7,10-11,15H,3-6,8H2,1-2H3. The highest BCUT2D eigenvalue weighted by Crippen LogP contribution is 2.38. The molecule has 1 aromatic heterocycles. The van der Waals surface area contributed by atoms with Crippen LogP contribution in [-0.4, -0.2) is 6.54 Å². The van der Waals surface area contributed by atoms with Crippen LogP contribution in [-0.2, 0) is 0 Å². The lowest BCUT2D eigenvalue weighted by atomic mass is 9.80. The minimum absolute atomic E-state index is 0.520. The topological polar surface area (TPSA) is 12.0 Å². The van der Waals surface area contributed by atoms with Crippen LogP contribution in [0, 0.1) is 12.8 Å². The minimum Gasteiger partial charge on any atom is -0.310 e. The number of nitrogens with one attached hydrogen (secondary N) is 1. The molecule has 0 spiro atoms. The lowest BCUT2D eigenvalue weighted by Gasteiger charge is -2.29. The van der Waals surface area contributed by atoms with E-state index in [-0.39, 0.29) is 0 Å². The zero-order valence-electron chi connectivity index (χ0n) is 10.1. The Morgan fingerprint density at radius 3 is 2.75 bits per heavy atom. The highest BCUT2D eigenvalue weighted by Gasteiger charge is 2.23. The first-order chi connectivity index (χ1) is 7.70. The Morgan fingerprint density at radius 2 is 2.31 bits per heavy atom. The van der Waals surface area contributed by atoms with Gasteiger partial charge < -0.3 is 5.32 Å². The summed E-state index contributed by atoms with van der Waals surface area (Å²) in [7, 11) is 0. The van der Waals surface area contributed by atoms with Gasteiger partial charge in [0.1, 0.15) is 0 Å². The number of aryl methyl sites for hydroxylation is 1. The molecule has 1 nitrogen and oxygen atoms in total. The summed E-state index contributed by atoms with van der Waals surface area (Å²) in [5.74, 6) is 0.935. The summed E-state index contributed by atoms with van der Waals surface area (Å²) in [4.78, 5) is 1.41. The van der Waals surface area contributed by atoms with Crippen LogP contribution in [0.15, 0.2) is 6.07 Å². The Morgan fingerprint density at radius 1 is 1.56 bits per heavy atom. The maximum absolute atomic E-state index is 6.15. The molecule has 1 N–H and O–H groups in total. The summed E-state index contributed by atoms with van der Waals surface area (Å²) >= 11 is 7.89. The van der Waals surface area contributed by atoms with Gasteiger partial charge >= 0.3 is 0 Å². The maximum Gasteiger partial charge on any atom is 0.0960 e. The van der Waals surface area contributed by atoms with Crippen LogP contribution in [0.2, 0.25) is 4.34 Å². The smallest absolute Gasteiger partial charge is 0.0960 e. The minimum atomic E-state index is 0.520. The van der Waals surface area contributed by atoms with Crippen molar-refractivity contribution in [2.45, 2.75) is 45.6 Å². The molecule has 0 aliphatic heterocycles. The Labute approximate surface area is 107 Å². The van der Waals surface area contributed by atoms with Gasteiger partial charge in [-0.15, -0.1) is 11.3 Å². The molecule has 0 saturated heterocycles. The summed E-state index contributed by atoms with van der Waals surface area (Å²) in [5.41, 5.74) is 1.22.